The lowest BCUT2D eigenvalue weighted by Gasteiger charge is -2.29. The molecule has 0 aliphatic rings. The molecule has 1 aromatic rings. The van der Waals surface area contributed by atoms with Crippen LogP contribution in [-0.2, 0) is 0 Å². The molecular formula is C13H16BrFINO. The molecule has 0 bridgehead atoms. The first-order chi connectivity index (χ1) is 8.41. The van der Waals surface area contributed by atoms with Gasteiger partial charge in [0.2, 0.25) is 0 Å². The Morgan fingerprint density at radius 1 is 1.56 bits per heavy atom. The number of carbonyl (C=O) groups is 1. The molecule has 0 fully saturated rings. The molecule has 1 amide bonds. The fourth-order valence-corrected chi connectivity index (χ4v) is 3.15. The Bertz CT molecular complexity index is 441. The van der Waals surface area contributed by atoms with Crippen LogP contribution in [0.4, 0.5) is 4.39 Å². The summed E-state index contributed by atoms with van der Waals surface area (Å²) in [5.74, 6) is -0.473. The molecule has 0 radical (unpaired) electrons. The molecule has 2 nitrogen and oxygen atoms in total. The Hall–Kier alpha value is -0.170. The zero-order chi connectivity index (χ0) is 13.8. The van der Waals surface area contributed by atoms with Crippen LogP contribution in [-0.4, -0.2) is 16.8 Å². The number of alkyl halides is 1. The second-order valence-corrected chi connectivity index (χ2v) is 6.39. The highest BCUT2D eigenvalue weighted by molar-refractivity contribution is 14.1. The van der Waals surface area contributed by atoms with E-state index < -0.39 is 0 Å². The van der Waals surface area contributed by atoms with Crippen LogP contribution in [0.3, 0.4) is 0 Å². The van der Waals surface area contributed by atoms with Crippen molar-refractivity contribution < 1.29 is 9.18 Å². The lowest BCUT2D eigenvalue weighted by Crippen LogP contribution is -2.46. The van der Waals surface area contributed by atoms with Gasteiger partial charge in [-0.2, -0.15) is 0 Å². The minimum Gasteiger partial charge on any atom is -0.347 e. The first-order valence-electron chi connectivity index (χ1n) is 5.75. The molecule has 5 heteroatoms. The maximum absolute atomic E-state index is 13.0. The van der Waals surface area contributed by atoms with Gasteiger partial charge in [-0.1, -0.05) is 22.9 Å². The molecule has 0 aliphatic carbocycles. The van der Waals surface area contributed by atoms with Crippen molar-refractivity contribution in [2.75, 3.05) is 5.33 Å². The van der Waals surface area contributed by atoms with Gasteiger partial charge in [0, 0.05) is 14.4 Å². The van der Waals surface area contributed by atoms with Gasteiger partial charge in [0.25, 0.3) is 5.91 Å². The molecule has 1 N–H and O–H groups in total. The zero-order valence-corrected chi connectivity index (χ0v) is 14.1. The quantitative estimate of drug-likeness (QED) is 0.556. The third-order valence-electron chi connectivity index (χ3n) is 3.02. The topological polar surface area (TPSA) is 29.1 Å². The fourth-order valence-electron chi connectivity index (χ4n) is 1.55. The summed E-state index contributed by atoms with van der Waals surface area (Å²) in [6.07, 6.45) is 1.70. The number of carbonyl (C=O) groups excluding carboxylic acids is 1. The maximum Gasteiger partial charge on any atom is 0.252 e. The second-order valence-electron chi connectivity index (χ2n) is 4.43. The fraction of sp³-hybridized carbons (Fsp3) is 0.462. The van der Waals surface area contributed by atoms with E-state index in [1.165, 1.54) is 18.2 Å². The molecular weight excluding hydrogens is 412 g/mol. The van der Waals surface area contributed by atoms with Crippen molar-refractivity contribution in [3.63, 3.8) is 0 Å². The highest BCUT2D eigenvalue weighted by Crippen LogP contribution is 2.19. The largest absolute Gasteiger partial charge is 0.347 e. The number of benzene rings is 1. The highest BCUT2D eigenvalue weighted by Gasteiger charge is 2.24. The summed E-state index contributed by atoms with van der Waals surface area (Å²) in [6.45, 7) is 4.06. The number of hydrogen-bond acceptors (Lipinski definition) is 1. The molecule has 0 aromatic heterocycles. The minimum atomic E-state index is -0.324. The van der Waals surface area contributed by atoms with E-state index in [0.29, 0.717) is 9.13 Å². The molecule has 0 saturated heterocycles. The summed E-state index contributed by atoms with van der Waals surface area (Å²) in [4.78, 5) is 12.2. The van der Waals surface area contributed by atoms with E-state index in [2.05, 4.69) is 21.2 Å². The molecule has 0 heterocycles. The molecule has 1 rings (SSSR count). The molecule has 18 heavy (non-hydrogen) atoms. The summed E-state index contributed by atoms with van der Waals surface area (Å²) in [7, 11) is 0. The monoisotopic (exact) mass is 427 g/mol. The van der Waals surface area contributed by atoms with Gasteiger partial charge in [-0.25, -0.2) is 4.39 Å². The predicted molar refractivity (Wildman–Crippen MR) is 83.7 cm³/mol. The Balaban J connectivity index is 2.87. The van der Waals surface area contributed by atoms with Gasteiger partial charge >= 0.3 is 0 Å². The Morgan fingerprint density at radius 2 is 2.22 bits per heavy atom. The van der Waals surface area contributed by atoms with E-state index in [9.17, 15) is 9.18 Å². The van der Waals surface area contributed by atoms with Crippen LogP contribution >= 0.6 is 38.5 Å². The van der Waals surface area contributed by atoms with Crippen molar-refractivity contribution in [1.29, 1.82) is 0 Å². The number of rotatable bonds is 5. The van der Waals surface area contributed by atoms with Crippen LogP contribution in [0.5, 0.6) is 0 Å². The van der Waals surface area contributed by atoms with E-state index in [1.54, 1.807) is 0 Å². The average Bonchev–Trinajstić information content (AvgIpc) is 2.28. The van der Waals surface area contributed by atoms with Crippen molar-refractivity contribution >= 4 is 44.4 Å². The average molecular weight is 428 g/mol. The zero-order valence-electron chi connectivity index (χ0n) is 10.4. The molecule has 0 aliphatic heterocycles. The summed E-state index contributed by atoms with van der Waals surface area (Å²) >= 11 is 5.37. The van der Waals surface area contributed by atoms with Crippen LogP contribution in [0.25, 0.3) is 0 Å². The van der Waals surface area contributed by atoms with E-state index in [0.717, 1.165) is 18.2 Å². The molecule has 1 atom stereocenters. The van der Waals surface area contributed by atoms with Gasteiger partial charge in [0.1, 0.15) is 5.82 Å². The number of halogens is 3. The molecule has 0 spiro atoms. The third kappa shape index (κ3) is 4.19. The van der Waals surface area contributed by atoms with Crippen molar-refractivity contribution in [1.82, 2.24) is 5.32 Å². The number of amides is 1. The molecule has 100 valence electrons. The first-order valence-corrected chi connectivity index (χ1v) is 7.95. The minimum absolute atomic E-state index is 0.148. The van der Waals surface area contributed by atoms with Crippen LogP contribution < -0.4 is 5.32 Å². The van der Waals surface area contributed by atoms with Crippen LogP contribution in [0, 0.1) is 9.39 Å². The number of nitrogens with one attached hydrogen (secondary N) is 1. The van der Waals surface area contributed by atoms with Gasteiger partial charge in [0.05, 0.1) is 5.56 Å². The Labute approximate surface area is 129 Å². The maximum atomic E-state index is 13.0. The van der Waals surface area contributed by atoms with Crippen molar-refractivity contribution in [3.8, 4) is 0 Å². The van der Waals surface area contributed by atoms with E-state index in [4.69, 9.17) is 0 Å². The lowest BCUT2D eigenvalue weighted by molar-refractivity contribution is 0.0901. The van der Waals surface area contributed by atoms with Crippen molar-refractivity contribution in [2.24, 2.45) is 0 Å². The summed E-state index contributed by atoms with van der Waals surface area (Å²) in [5, 5.41) is 3.86. The molecule has 0 saturated carbocycles. The third-order valence-corrected chi connectivity index (χ3v) is 4.31. The summed E-state index contributed by atoms with van der Waals surface area (Å²) in [6, 6.07) is 4.20. The predicted octanol–water partition coefficient (Wildman–Crippen LogP) is 4.11. The van der Waals surface area contributed by atoms with E-state index in [1.807, 2.05) is 36.4 Å². The van der Waals surface area contributed by atoms with Crippen LogP contribution in [0.1, 0.15) is 37.0 Å². The lowest BCUT2D eigenvalue weighted by atomic mass is 9.95. The number of hydrogen-bond donors (Lipinski definition) is 1. The second kappa shape index (κ2) is 6.84. The van der Waals surface area contributed by atoms with E-state index in [-0.39, 0.29) is 17.3 Å². The standard InChI is InChI=1S/C13H16BrFINO/c1-3-13(2,6-7-14)17-12(18)10-5-4-9(15)8-11(10)16/h4-5,8H,3,6-7H2,1-2H3,(H,17,18). The first kappa shape index (κ1) is 15.9. The van der Waals surface area contributed by atoms with Crippen LogP contribution in [0.2, 0.25) is 0 Å². The van der Waals surface area contributed by atoms with Crippen molar-refractivity contribution in [2.45, 2.75) is 32.2 Å². The van der Waals surface area contributed by atoms with Gasteiger partial charge < -0.3 is 5.32 Å². The summed E-state index contributed by atoms with van der Waals surface area (Å²) in [5.41, 5.74) is 0.282. The van der Waals surface area contributed by atoms with Gasteiger partial charge in [-0.05, 0) is 60.6 Å². The van der Waals surface area contributed by atoms with E-state index >= 15 is 0 Å². The smallest absolute Gasteiger partial charge is 0.252 e. The normalized spacial score (nSPS) is 14.1. The molecule has 1 unspecified atom stereocenters. The Morgan fingerprint density at radius 3 is 2.72 bits per heavy atom. The van der Waals surface area contributed by atoms with Crippen LogP contribution in [0.15, 0.2) is 18.2 Å². The van der Waals surface area contributed by atoms with Gasteiger partial charge in [0.15, 0.2) is 0 Å². The SMILES string of the molecule is CCC(C)(CCBr)NC(=O)c1ccc(F)cc1I. The van der Waals surface area contributed by atoms with Crippen molar-refractivity contribution in [3.05, 3.63) is 33.1 Å². The van der Waals surface area contributed by atoms with Gasteiger partial charge in [-0.3, -0.25) is 4.79 Å². The highest BCUT2D eigenvalue weighted by atomic mass is 127. The van der Waals surface area contributed by atoms with Gasteiger partial charge in [-0.15, -0.1) is 0 Å². The summed E-state index contributed by atoms with van der Waals surface area (Å²) < 4.78 is 13.6. The Kier molecular flexibility index (Phi) is 6.04. The molecule has 1 aromatic carbocycles.